The maximum absolute atomic E-state index is 12.6. The van der Waals surface area contributed by atoms with Gasteiger partial charge in [0.05, 0.1) is 18.8 Å². The zero-order valence-corrected chi connectivity index (χ0v) is 27.8. The normalized spacial score (nSPS) is 13.4. The molecule has 1 amide bonds. The van der Waals surface area contributed by atoms with Crippen molar-refractivity contribution in [3.63, 3.8) is 0 Å². The number of aliphatic hydroxyl groups excluding tert-OH is 2. The highest BCUT2D eigenvalue weighted by molar-refractivity contribution is 5.76. The van der Waals surface area contributed by atoms with Gasteiger partial charge in [0.2, 0.25) is 5.91 Å². The monoisotopic (exact) mass is 578 g/mol. The maximum Gasteiger partial charge on any atom is 0.222 e. The number of unbranched alkanes of at least 4 members (excludes halogenated alkanes) is 22. The Morgan fingerprint density at radius 1 is 0.585 bits per heavy atom. The molecule has 0 fully saturated rings. The predicted molar refractivity (Wildman–Crippen MR) is 179 cm³/mol. The molecule has 0 unspecified atom stereocenters. The van der Waals surface area contributed by atoms with Crippen LogP contribution in [0.1, 0.15) is 181 Å². The zero-order valence-electron chi connectivity index (χ0n) is 27.8. The summed E-state index contributed by atoms with van der Waals surface area (Å²) >= 11 is 0. The van der Waals surface area contributed by atoms with E-state index in [1.54, 1.807) is 18.0 Å². The lowest BCUT2D eigenvalue weighted by atomic mass is 10.0. The number of aliphatic hydroxyl groups is 2. The number of allylic oxidation sites excluding steroid dienone is 3. The summed E-state index contributed by atoms with van der Waals surface area (Å²) in [6.45, 7) is 4.30. The van der Waals surface area contributed by atoms with E-state index in [1.807, 2.05) is 6.08 Å². The molecule has 41 heavy (non-hydrogen) atoms. The minimum Gasteiger partial charge on any atom is -0.394 e. The third-order valence-corrected chi connectivity index (χ3v) is 8.44. The first-order chi connectivity index (χ1) is 20.1. The van der Waals surface area contributed by atoms with E-state index in [1.165, 1.54) is 128 Å². The van der Waals surface area contributed by atoms with Crippen molar-refractivity contribution in [2.24, 2.45) is 0 Å². The van der Waals surface area contributed by atoms with Crippen molar-refractivity contribution in [1.29, 1.82) is 0 Å². The summed E-state index contributed by atoms with van der Waals surface area (Å²) in [6.07, 6.45) is 39.8. The van der Waals surface area contributed by atoms with Gasteiger partial charge in [-0.1, -0.05) is 167 Å². The molecule has 0 aliphatic heterocycles. The highest BCUT2D eigenvalue weighted by Gasteiger charge is 2.24. The lowest BCUT2D eigenvalue weighted by molar-refractivity contribution is -0.135. The Balaban J connectivity index is 3.81. The highest BCUT2D eigenvalue weighted by Crippen LogP contribution is 2.15. The average Bonchev–Trinajstić information content (AvgIpc) is 2.97. The van der Waals surface area contributed by atoms with E-state index in [4.69, 9.17) is 0 Å². The molecule has 2 atom stereocenters. The second-order valence-corrected chi connectivity index (χ2v) is 12.3. The summed E-state index contributed by atoms with van der Waals surface area (Å²) in [6, 6.07) is -0.581. The number of nitrogens with zero attached hydrogens (tertiary/aromatic N) is 1. The molecular weight excluding hydrogens is 506 g/mol. The molecule has 0 aliphatic rings. The van der Waals surface area contributed by atoms with Crippen LogP contribution in [0.3, 0.4) is 0 Å². The molecule has 4 nitrogen and oxygen atoms in total. The van der Waals surface area contributed by atoms with Crippen LogP contribution in [0.15, 0.2) is 24.3 Å². The minimum atomic E-state index is -0.841. The van der Waals surface area contributed by atoms with Gasteiger partial charge in [0, 0.05) is 13.5 Å². The van der Waals surface area contributed by atoms with Crippen molar-refractivity contribution in [3.8, 4) is 0 Å². The molecule has 0 aliphatic carbocycles. The molecule has 0 spiro atoms. The van der Waals surface area contributed by atoms with E-state index < -0.39 is 12.1 Å². The number of carbonyl (C=O) groups is 1. The van der Waals surface area contributed by atoms with Crippen molar-refractivity contribution >= 4 is 5.91 Å². The van der Waals surface area contributed by atoms with Gasteiger partial charge in [-0.05, 0) is 32.1 Å². The van der Waals surface area contributed by atoms with Crippen molar-refractivity contribution < 1.29 is 15.0 Å². The van der Waals surface area contributed by atoms with Gasteiger partial charge in [-0.15, -0.1) is 0 Å². The van der Waals surface area contributed by atoms with Crippen LogP contribution in [0, 0.1) is 0 Å². The number of carbonyl (C=O) groups excluding carboxylic acids is 1. The van der Waals surface area contributed by atoms with E-state index in [-0.39, 0.29) is 12.5 Å². The van der Waals surface area contributed by atoms with E-state index in [2.05, 4.69) is 26.0 Å². The second kappa shape index (κ2) is 31.8. The Bertz CT molecular complexity index is 603. The average molecular weight is 578 g/mol. The van der Waals surface area contributed by atoms with Gasteiger partial charge < -0.3 is 15.1 Å². The van der Waals surface area contributed by atoms with E-state index >= 15 is 0 Å². The van der Waals surface area contributed by atoms with Crippen molar-refractivity contribution in [1.82, 2.24) is 4.90 Å². The first kappa shape index (κ1) is 39.9. The molecule has 0 aromatic rings. The summed E-state index contributed by atoms with van der Waals surface area (Å²) in [7, 11) is 1.71. The Hall–Kier alpha value is -1.13. The van der Waals surface area contributed by atoms with Gasteiger partial charge in [-0.2, -0.15) is 0 Å². The second-order valence-electron chi connectivity index (χ2n) is 12.3. The molecule has 0 rings (SSSR count). The predicted octanol–water partition coefficient (Wildman–Crippen LogP) is 10.5. The Kier molecular flexibility index (Phi) is 30.9. The number of likely N-dealkylation sites (N-methyl/N-ethyl adjacent to an activating group) is 1. The van der Waals surface area contributed by atoms with Gasteiger partial charge in [0.25, 0.3) is 0 Å². The van der Waals surface area contributed by atoms with Crippen molar-refractivity contribution in [3.05, 3.63) is 24.3 Å². The van der Waals surface area contributed by atoms with Crippen LogP contribution >= 0.6 is 0 Å². The smallest absolute Gasteiger partial charge is 0.222 e. The summed E-state index contributed by atoms with van der Waals surface area (Å²) in [5, 5.41) is 20.4. The molecule has 0 saturated heterocycles. The van der Waals surface area contributed by atoms with Crippen LogP contribution in [0.25, 0.3) is 0 Å². The topological polar surface area (TPSA) is 60.8 Å². The lowest BCUT2D eigenvalue weighted by Crippen LogP contribution is -2.46. The van der Waals surface area contributed by atoms with E-state index in [0.29, 0.717) is 6.42 Å². The molecule has 0 aromatic heterocycles. The third kappa shape index (κ3) is 26.2. The number of hydrogen-bond acceptors (Lipinski definition) is 3. The SMILES string of the molecule is CCCCCCCCC/C=C/CC/C=C/[C@@H](O)[C@H](CO)N(C)C(=O)CCCCCCCCCCCCCCCCC. The van der Waals surface area contributed by atoms with Crippen LogP contribution in [0.4, 0.5) is 0 Å². The van der Waals surface area contributed by atoms with Crippen LogP contribution in [0.2, 0.25) is 0 Å². The molecule has 0 heterocycles. The molecule has 242 valence electrons. The maximum atomic E-state index is 12.6. The fourth-order valence-electron chi connectivity index (χ4n) is 5.48. The molecule has 4 heteroatoms. The van der Waals surface area contributed by atoms with Gasteiger partial charge in [-0.25, -0.2) is 0 Å². The Labute approximate surface area is 256 Å². The summed E-state index contributed by atoms with van der Waals surface area (Å²) < 4.78 is 0. The highest BCUT2D eigenvalue weighted by atomic mass is 16.3. The van der Waals surface area contributed by atoms with Gasteiger partial charge in [-0.3, -0.25) is 4.79 Å². The van der Waals surface area contributed by atoms with Crippen LogP contribution in [0.5, 0.6) is 0 Å². The van der Waals surface area contributed by atoms with Crippen LogP contribution in [-0.2, 0) is 4.79 Å². The van der Waals surface area contributed by atoms with Gasteiger partial charge in [0.1, 0.15) is 0 Å². The largest absolute Gasteiger partial charge is 0.394 e. The number of hydrogen-bond donors (Lipinski definition) is 2. The Morgan fingerprint density at radius 2 is 0.976 bits per heavy atom. The fraction of sp³-hybridized carbons (Fsp3) is 0.865. The van der Waals surface area contributed by atoms with Crippen molar-refractivity contribution in [2.75, 3.05) is 13.7 Å². The summed E-state index contributed by atoms with van der Waals surface area (Å²) in [5.74, 6) is 0.0134. The first-order valence-electron chi connectivity index (χ1n) is 17.9. The Morgan fingerprint density at radius 3 is 1.44 bits per heavy atom. The fourth-order valence-corrected chi connectivity index (χ4v) is 5.48. The molecule has 2 N–H and O–H groups in total. The quantitative estimate of drug-likeness (QED) is 0.0636. The van der Waals surface area contributed by atoms with Crippen molar-refractivity contribution in [2.45, 2.75) is 193 Å². The van der Waals surface area contributed by atoms with E-state index in [0.717, 1.165) is 32.1 Å². The number of rotatable bonds is 31. The van der Waals surface area contributed by atoms with Crippen LogP contribution in [-0.4, -0.2) is 46.8 Å². The minimum absolute atomic E-state index is 0.0134. The molecular formula is C37H71NO3. The van der Waals surface area contributed by atoms with Gasteiger partial charge >= 0.3 is 0 Å². The van der Waals surface area contributed by atoms with Crippen LogP contribution < -0.4 is 0 Å². The third-order valence-electron chi connectivity index (χ3n) is 8.44. The van der Waals surface area contributed by atoms with Gasteiger partial charge in [0.15, 0.2) is 0 Å². The number of amides is 1. The lowest BCUT2D eigenvalue weighted by Gasteiger charge is -2.29. The standard InChI is InChI=1S/C37H71NO3/c1-4-6-8-10-12-14-16-18-19-21-23-25-27-29-31-33-37(41)38(3)35(34-39)36(40)32-30-28-26-24-22-20-17-15-13-11-9-7-5-2/h22,24,30,32,35-36,39-40H,4-21,23,25-29,31,33-34H2,1-3H3/b24-22+,32-30+/t35-,36+/m0/s1. The zero-order chi connectivity index (χ0) is 30.2. The molecule has 0 saturated carbocycles. The molecule has 0 aromatic carbocycles. The first-order valence-corrected chi connectivity index (χ1v) is 17.9. The summed E-state index contributed by atoms with van der Waals surface area (Å²) in [4.78, 5) is 14.2. The van der Waals surface area contributed by atoms with E-state index in [9.17, 15) is 15.0 Å². The molecule has 0 radical (unpaired) electrons. The molecule has 0 bridgehead atoms. The summed E-state index contributed by atoms with van der Waals surface area (Å²) in [5.41, 5.74) is 0.